The Morgan fingerprint density at radius 1 is 0.692 bits per heavy atom. The Hall–Kier alpha value is -2.74. The zero-order valence-electron chi connectivity index (χ0n) is 14.8. The van der Waals surface area contributed by atoms with Crippen LogP contribution in [0.15, 0.2) is 78.9 Å². The van der Waals surface area contributed by atoms with E-state index < -0.39 is 0 Å². The first-order valence-corrected chi connectivity index (χ1v) is 9.69. The summed E-state index contributed by atoms with van der Waals surface area (Å²) in [7, 11) is 0. The molecule has 2 nitrogen and oxygen atoms in total. The van der Waals surface area contributed by atoms with Crippen molar-refractivity contribution in [1.29, 1.82) is 0 Å². The minimum Gasteiger partial charge on any atom is -0.373 e. The minimum atomic E-state index is -0.0348. The summed E-state index contributed by atoms with van der Waals surface area (Å²) in [5, 5.41) is 4.02. The lowest BCUT2D eigenvalue weighted by Crippen LogP contribution is -2.55. The first-order valence-electron chi connectivity index (χ1n) is 9.69. The number of anilines is 3. The zero-order chi connectivity index (χ0) is 17.2. The summed E-state index contributed by atoms with van der Waals surface area (Å²) in [5.74, 6) is 0. The van der Waals surface area contributed by atoms with Crippen LogP contribution in [0.4, 0.5) is 17.1 Å². The standard InChI is InChI=1S/C24H22N2/c1-2-10-18(11-3-1)26-22-15-7-5-13-20(22)23-16-8-9-17-24(23,26)19-12-4-6-14-21(19)25-23/h1-7,10-15,25H,8-9,16-17H2. The van der Waals surface area contributed by atoms with Gasteiger partial charge >= 0.3 is 0 Å². The van der Waals surface area contributed by atoms with Crippen molar-refractivity contribution in [2.75, 3.05) is 10.2 Å². The quantitative estimate of drug-likeness (QED) is 0.592. The smallest absolute Gasteiger partial charge is 0.0994 e. The number of nitrogens with one attached hydrogen (secondary N) is 1. The van der Waals surface area contributed by atoms with Crippen molar-refractivity contribution in [1.82, 2.24) is 0 Å². The van der Waals surface area contributed by atoms with Gasteiger partial charge in [0.15, 0.2) is 0 Å². The molecule has 0 radical (unpaired) electrons. The van der Waals surface area contributed by atoms with Crippen LogP contribution in [0.3, 0.4) is 0 Å². The number of rotatable bonds is 1. The minimum absolute atomic E-state index is 0.0264. The third-order valence-electron chi connectivity index (χ3n) is 6.77. The van der Waals surface area contributed by atoms with Crippen molar-refractivity contribution < 1.29 is 0 Å². The van der Waals surface area contributed by atoms with Crippen molar-refractivity contribution in [2.45, 2.75) is 36.8 Å². The van der Waals surface area contributed by atoms with Crippen LogP contribution in [-0.2, 0) is 11.1 Å². The van der Waals surface area contributed by atoms with Gasteiger partial charge in [0, 0.05) is 28.2 Å². The molecule has 2 aliphatic heterocycles. The second-order valence-corrected chi connectivity index (χ2v) is 7.83. The molecule has 1 N–H and O–H groups in total. The first-order chi connectivity index (χ1) is 12.9. The van der Waals surface area contributed by atoms with E-state index in [2.05, 4.69) is 89.1 Å². The van der Waals surface area contributed by atoms with Crippen LogP contribution in [0.1, 0.15) is 36.8 Å². The second-order valence-electron chi connectivity index (χ2n) is 7.83. The van der Waals surface area contributed by atoms with Crippen LogP contribution in [0.2, 0.25) is 0 Å². The van der Waals surface area contributed by atoms with Gasteiger partial charge in [0.05, 0.1) is 11.1 Å². The molecule has 3 aliphatic rings. The molecule has 3 aromatic carbocycles. The summed E-state index contributed by atoms with van der Waals surface area (Å²) in [6.45, 7) is 0. The molecule has 6 rings (SSSR count). The molecule has 2 atom stereocenters. The summed E-state index contributed by atoms with van der Waals surface area (Å²) in [5.41, 5.74) is 6.82. The van der Waals surface area contributed by atoms with E-state index in [0.29, 0.717) is 0 Å². The Morgan fingerprint density at radius 2 is 1.38 bits per heavy atom. The van der Waals surface area contributed by atoms with Gasteiger partial charge in [-0.05, 0) is 37.1 Å². The highest BCUT2D eigenvalue weighted by Crippen LogP contribution is 2.69. The van der Waals surface area contributed by atoms with Crippen molar-refractivity contribution in [3.05, 3.63) is 90.0 Å². The third kappa shape index (κ3) is 1.50. The number of para-hydroxylation sites is 3. The molecule has 2 heteroatoms. The molecule has 2 heterocycles. The predicted molar refractivity (Wildman–Crippen MR) is 107 cm³/mol. The maximum atomic E-state index is 4.02. The first kappa shape index (κ1) is 14.4. The maximum Gasteiger partial charge on any atom is 0.0994 e. The third-order valence-corrected chi connectivity index (χ3v) is 6.77. The summed E-state index contributed by atoms with van der Waals surface area (Å²) < 4.78 is 0. The molecule has 0 saturated heterocycles. The van der Waals surface area contributed by atoms with E-state index in [-0.39, 0.29) is 11.1 Å². The molecule has 3 aromatic rings. The molecule has 1 fully saturated rings. The average Bonchev–Trinajstić information content (AvgIpc) is 3.14. The summed E-state index contributed by atoms with van der Waals surface area (Å²) >= 11 is 0. The summed E-state index contributed by atoms with van der Waals surface area (Å²) in [6.07, 6.45) is 4.91. The van der Waals surface area contributed by atoms with E-state index in [4.69, 9.17) is 0 Å². The Balaban J connectivity index is 1.73. The van der Waals surface area contributed by atoms with Crippen molar-refractivity contribution in [2.24, 2.45) is 0 Å². The fourth-order valence-corrected chi connectivity index (χ4v) is 5.92. The van der Waals surface area contributed by atoms with E-state index >= 15 is 0 Å². The van der Waals surface area contributed by atoms with E-state index in [0.717, 1.165) is 0 Å². The molecular weight excluding hydrogens is 316 g/mol. The van der Waals surface area contributed by atoms with Gasteiger partial charge in [-0.25, -0.2) is 0 Å². The largest absolute Gasteiger partial charge is 0.373 e. The van der Waals surface area contributed by atoms with E-state index in [1.165, 1.54) is 53.9 Å². The van der Waals surface area contributed by atoms with Gasteiger partial charge in [0.2, 0.25) is 0 Å². The molecule has 1 aliphatic carbocycles. The molecular formula is C24H22N2. The van der Waals surface area contributed by atoms with Gasteiger partial charge < -0.3 is 10.2 Å². The van der Waals surface area contributed by atoms with Crippen LogP contribution in [0.5, 0.6) is 0 Å². The summed E-state index contributed by atoms with van der Waals surface area (Å²) in [6, 6.07) is 28.9. The molecule has 0 bridgehead atoms. The Kier molecular flexibility index (Phi) is 2.73. The van der Waals surface area contributed by atoms with Crippen LogP contribution < -0.4 is 10.2 Å². The fraction of sp³-hybridized carbons (Fsp3) is 0.250. The van der Waals surface area contributed by atoms with E-state index in [1.807, 2.05) is 0 Å². The van der Waals surface area contributed by atoms with Crippen LogP contribution in [0, 0.1) is 0 Å². The van der Waals surface area contributed by atoms with Crippen molar-refractivity contribution in [3.63, 3.8) is 0 Å². The highest BCUT2D eigenvalue weighted by Gasteiger charge is 2.67. The van der Waals surface area contributed by atoms with E-state index in [1.54, 1.807) is 0 Å². The van der Waals surface area contributed by atoms with Gasteiger partial charge in [-0.15, -0.1) is 0 Å². The Morgan fingerprint density at radius 3 is 2.27 bits per heavy atom. The Labute approximate surface area is 154 Å². The lowest BCUT2D eigenvalue weighted by molar-refractivity contribution is 0.201. The van der Waals surface area contributed by atoms with Gasteiger partial charge in [-0.1, -0.05) is 67.4 Å². The fourth-order valence-electron chi connectivity index (χ4n) is 5.92. The number of hydrogen-bond donors (Lipinski definition) is 1. The highest BCUT2D eigenvalue weighted by molar-refractivity contribution is 5.84. The molecule has 26 heavy (non-hydrogen) atoms. The number of benzene rings is 3. The van der Waals surface area contributed by atoms with Crippen LogP contribution in [-0.4, -0.2) is 0 Å². The predicted octanol–water partition coefficient (Wildman–Crippen LogP) is 5.93. The topological polar surface area (TPSA) is 15.3 Å². The summed E-state index contributed by atoms with van der Waals surface area (Å²) in [4.78, 5) is 2.64. The number of fused-ring (bicyclic) bond motifs is 2. The van der Waals surface area contributed by atoms with Gasteiger partial charge in [0.25, 0.3) is 0 Å². The Bertz CT molecular complexity index is 996. The number of nitrogens with zero attached hydrogens (tertiary/aromatic N) is 1. The highest BCUT2D eigenvalue weighted by atomic mass is 15.3. The molecule has 0 aromatic heterocycles. The molecule has 2 unspecified atom stereocenters. The maximum absolute atomic E-state index is 4.02. The number of hydrogen-bond acceptors (Lipinski definition) is 2. The molecule has 1 saturated carbocycles. The normalized spacial score (nSPS) is 27.9. The average molecular weight is 338 g/mol. The molecule has 0 amide bonds. The van der Waals surface area contributed by atoms with E-state index in [9.17, 15) is 0 Å². The van der Waals surface area contributed by atoms with Crippen LogP contribution >= 0.6 is 0 Å². The van der Waals surface area contributed by atoms with Crippen molar-refractivity contribution in [3.8, 4) is 0 Å². The SMILES string of the molecule is c1ccc(N2c3ccccc3C34CCCCC23c2ccccc2N4)cc1. The molecule has 128 valence electrons. The van der Waals surface area contributed by atoms with Gasteiger partial charge in [-0.2, -0.15) is 0 Å². The monoisotopic (exact) mass is 338 g/mol. The zero-order valence-corrected chi connectivity index (χ0v) is 14.8. The lowest BCUT2D eigenvalue weighted by Gasteiger charge is -2.49. The van der Waals surface area contributed by atoms with Crippen molar-refractivity contribution >= 4 is 17.1 Å². The van der Waals surface area contributed by atoms with Gasteiger partial charge in [0.1, 0.15) is 0 Å². The molecule has 0 spiro atoms. The lowest BCUT2D eigenvalue weighted by atomic mass is 9.65. The van der Waals surface area contributed by atoms with Gasteiger partial charge in [-0.3, -0.25) is 0 Å². The van der Waals surface area contributed by atoms with Crippen LogP contribution in [0.25, 0.3) is 0 Å². The second kappa shape index (κ2) is 4.91.